The van der Waals surface area contributed by atoms with Gasteiger partial charge in [0.25, 0.3) is 0 Å². The van der Waals surface area contributed by atoms with Gasteiger partial charge in [-0.05, 0) is 11.8 Å². The number of hydrogen-bond acceptors (Lipinski definition) is 0. The van der Waals surface area contributed by atoms with E-state index >= 15 is 0 Å². The van der Waals surface area contributed by atoms with Crippen molar-refractivity contribution < 1.29 is 21.7 Å². The molecule has 0 N–H and O–H groups in total. The van der Waals surface area contributed by atoms with Gasteiger partial charge in [0.15, 0.2) is 0 Å². The number of rotatable bonds is 2. The second-order valence-corrected chi connectivity index (χ2v) is 3.30. The molecule has 2 rings (SSSR count). The molecule has 0 aromatic heterocycles. The van der Waals surface area contributed by atoms with E-state index in [2.05, 4.69) is 55.5 Å². The molecule has 0 saturated carbocycles. The Bertz CT molecular complexity index is 275. The van der Waals surface area contributed by atoms with Crippen LogP contribution in [0, 0.1) is 18.8 Å². The van der Waals surface area contributed by atoms with Gasteiger partial charge < -0.3 is 0 Å². The van der Waals surface area contributed by atoms with E-state index in [-0.39, 0.29) is 21.7 Å². The Hall–Kier alpha value is -0.716. The van der Waals surface area contributed by atoms with Gasteiger partial charge in [-0.2, -0.15) is 5.57 Å². The van der Waals surface area contributed by atoms with E-state index < -0.39 is 0 Å². The van der Waals surface area contributed by atoms with Gasteiger partial charge in [0.2, 0.25) is 0 Å². The maximum atomic E-state index is 3.88. The van der Waals surface area contributed by atoms with Crippen molar-refractivity contribution in [2.24, 2.45) is 11.8 Å². The molecule has 0 fully saturated rings. The average molecular weight is 217 g/mol. The van der Waals surface area contributed by atoms with Gasteiger partial charge in [0.1, 0.15) is 0 Å². The molecule has 0 atom stereocenters. The Morgan fingerprint density at radius 3 is 1.50 bits per heavy atom. The molecular weight excluding hydrogens is 204 g/mol. The molecule has 0 aromatic carbocycles. The van der Waals surface area contributed by atoms with Crippen LogP contribution in [0.3, 0.4) is 0 Å². The third kappa shape index (κ3) is 2.20. The second-order valence-electron chi connectivity index (χ2n) is 3.30. The normalized spacial score (nSPS) is 18.9. The van der Waals surface area contributed by atoms with Crippen molar-refractivity contribution in [3.8, 4) is 0 Å². The van der Waals surface area contributed by atoms with Gasteiger partial charge in [-0.15, -0.1) is 0 Å². The van der Waals surface area contributed by atoms with Crippen LogP contribution in [0.25, 0.3) is 0 Å². The van der Waals surface area contributed by atoms with Crippen molar-refractivity contribution in [1.29, 1.82) is 0 Å². The summed E-state index contributed by atoms with van der Waals surface area (Å²) in [6, 6.07) is 0. The molecule has 70 valence electrons. The molecule has 0 amide bonds. The van der Waals surface area contributed by atoms with Crippen LogP contribution in [-0.4, -0.2) is 0 Å². The summed E-state index contributed by atoms with van der Waals surface area (Å²) in [6.07, 6.45) is 19.2. The summed E-state index contributed by atoms with van der Waals surface area (Å²) < 4.78 is 0. The number of allylic oxidation sites excluding steroid dienone is 10. The monoisotopic (exact) mass is 217 g/mol. The number of hydrogen-bond donors (Lipinski definition) is 0. The predicted octanol–water partition coefficient (Wildman–Crippen LogP) is 3.23. The molecule has 0 aliphatic heterocycles. The van der Waals surface area contributed by atoms with Gasteiger partial charge >= 0.3 is 0 Å². The van der Waals surface area contributed by atoms with Crippen LogP contribution in [0.4, 0.5) is 0 Å². The smallest absolute Gasteiger partial charge is 0 e. The minimum absolute atomic E-state index is 0. The van der Waals surface area contributed by atoms with Crippen LogP contribution in [0.15, 0.2) is 60.3 Å². The third-order valence-electron chi connectivity index (χ3n) is 2.50. The molecule has 14 heavy (non-hydrogen) atoms. The van der Waals surface area contributed by atoms with Crippen molar-refractivity contribution in [1.82, 2.24) is 0 Å². The molecule has 2 aliphatic carbocycles. The Kier molecular flexibility index (Phi) is 4.25. The molecule has 0 heterocycles. The Morgan fingerprint density at radius 2 is 1.21 bits per heavy atom. The van der Waals surface area contributed by atoms with Gasteiger partial charge in [-0.1, -0.05) is 48.6 Å². The first kappa shape index (κ1) is 11.4. The van der Waals surface area contributed by atoms with Crippen molar-refractivity contribution in [2.45, 2.75) is 0 Å². The topological polar surface area (TPSA) is 0 Å². The van der Waals surface area contributed by atoms with Gasteiger partial charge in [-0.3, -0.25) is 0 Å². The van der Waals surface area contributed by atoms with Crippen molar-refractivity contribution in [3.05, 3.63) is 67.2 Å². The Labute approximate surface area is 101 Å². The fraction of sp³-hybridized carbons (Fsp3) is 0.154. The van der Waals surface area contributed by atoms with E-state index in [4.69, 9.17) is 0 Å². The maximum absolute atomic E-state index is 3.88. The minimum atomic E-state index is 0. The standard InChI is InChI=1S/C13H13.Ti/c1-2-13(11-7-3-4-8-11)12-9-5-6-10-12;/h2-12H,1H2;/q-1;. The molecule has 2 aliphatic rings. The van der Waals surface area contributed by atoms with Crippen molar-refractivity contribution in [3.63, 3.8) is 0 Å². The van der Waals surface area contributed by atoms with Gasteiger partial charge in [0, 0.05) is 21.7 Å². The van der Waals surface area contributed by atoms with E-state index in [0.29, 0.717) is 11.8 Å². The molecule has 0 spiro atoms. The largest absolute Gasteiger partial charge is 0.245 e. The Morgan fingerprint density at radius 1 is 0.857 bits per heavy atom. The summed E-state index contributed by atoms with van der Waals surface area (Å²) in [5.41, 5.74) is 1.37. The van der Waals surface area contributed by atoms with E-state index in [1.54, 1.807) is 0 Å². The van der Waals surface area contributed by atoms with Crippen LogP contribution in [0.5, 0.6) is 0 Å². The van der Waals surface area contributed by atoms with Crippen molar-refractivity contribution in [2.75, 3.05) is 0 Å². The molecule has 0 saturated heterocycles. The molecule has 0 aromatic rings. The van der Waals surface area contributed by atoms with E-state index in [0.717, 1.165) is 0 Å². The summed E-state index contributed by atoms with van der Waals surface area (Å²) in [7, 11) is 0. The summed E-state index contributed by atoms with van der Waals surface area (Å²) in [5.74, 6) is 0.907. The molecule has 0 bridgehead atoms. The summed E-state index contributed by atoms with van der Waals surface area (Å²) in [5, 5.41) is 0. The molecule has 0 radical (unpaired) electrons. The first-order chi connectivity index (χ1) is 6.42. The van der Waals surface area contributed by atoms with Crippen LogP contribution >= 0.6 is 0 Å². The first-order valence-electron chi connectivity index (χ1n) is 4.61. The van der Waals surface area contributed by atoms with Crippen LogP contribution in [0.1, 0.15) is 0 Å². The van der Waals surface area contributed by atoms with Crippen LogP contribution in [0.2, 0.25) is 0 Å². The molecule has 1 heteroatoms. The van der Waals surface area contributed by atoms with E-state index in [1.165, 1.54) is 5.57 Å². The van der Waals surface area contributed by atoms with Gasteiger partial charge in [0.05, 0.1) is 0 Å². The fourth-order valence-electron chi connectivity index (χ4n) is 1.80. The quantitative estimate of drug-likeness (QED) is 0.492. The molecular formula is C13H13Ti-. The summed E-state index contributed by atoms with van der Waals surface area (Å²) >= 11 is 0. The first-order valence-corrected chi connectivity index (χ1v) is 4.61. The SMILES string of the molecule is [CH2-]C=C(C1C=CC=C1)C1C=CC=C1.[Ti]. The third-order valence-corrected chi connectivity index (χ3v) is 2.50. The molecule has 0 unspecified atom stereocenters. The van der Waals surface area contributed by atoms with Crippen molar-refractivity contribution >= 4 is 0 Å². The molecule has 0 nitrogen and oxygen atoms in total. The summed E-state index contributed by atoms with van der Waals surface area (Å²) in [4.78, 5) is 0. The fourth-order valence-corrected chi connectivity index (χ4v) is 1.80. The average Bonchev–Trinajstić information content (AvgIpc) is 2.76. The summed E-state index contributed by atoms with van der Waals surface area (Å²) in [6.45, 7) is 3.88. The van der Waals surface area contributed by atoms with Crippen LogP contribution < -0.4 is 0 Å². The second kappa shape index (κ2) is 5.24. The van der Waals surface area contributed by atoms with E-state index in [9.17, 15) is 0 Å². The zero-order chi connectivity index (χ0) is 9.10. The van der Waals surface area contributed by atoms with E-state index in [1.807, 2.05) is 6.08 Å². The predicted molar refractivity (Wildman–Crippen MR) is 57.0 cm³/mol. The van der Waals surface area contributed by atoms with Crippen LogP contribution in [-0.2, 0) is 21.7 Å². The Balaban J connectivity index is 0.000000980. The maximum Gasteiger partial charge on any atom is 0 e. The van der Waals surface area contributed by atoms with Gasteiger partial charge in [-0.25, -0.2) is 13.0 Å². The minimum Gasteiger partial charge on any atom is -0.245 e. The zero-order valence-corrected chi connectivity index (χ0v) is 9.62. The zero-order valence-electron chi connectivity index (χ0n) is 8.06.